The van der Waals surface area contributed by atoms with Crippen LogP contribution < -0.4 is 0 Å². The number of aliphatic hydroxyl groups is 1. The molecule has 20 heavy (non-hydrogen) atoms. The normalized spacial score (nSPS) is 19.5. The van der Waals surface area contributed by atoms with Crippen LogP contribution in [0.4, 0.5) is 0 Å². The van der Waals surface area contributed by atoms with Gasteiger partial charge in [-0.15, -0.1) is 0 Å². The van der Waals surface area contributed by atoms with Gasteiger partial charge in [-0.2, -0.15) is 5.10 Å². The van der Waals surface area contributed by atoms with E-state index in [1.807, 2.05) is 16.5 Å². The molecular formula is C15H23N3O2. The first kappa shape index (κ1) is 13.6. The van der Waals surface area contributed by atoms with Crippen molar-refractivity contribution in [3.63, 3.8) is 0 Å². The second-order valence-electron chi connectivity index (χ2n) is 5.98. The highest BCUT2D eigenvalue weighted by molar-refractivity contribution is 5.95. The molecule has 3 rings (SSSR count). The van der Waals surface area contributed by atoms with Crippen LogP contribution in [0.2, 0.25) is 0 Å². The fraction of sp³-hybridized carbons (Fsp3) is 0.733. The summed E-state index contributed by atoms with van der Waals surface area (Å²) in [6.07, 6.45) is 8.67. The lowest BCUT2D eigenvalue weighted by molar-refractivity contribution is 0.0706. The van der Waals surface area contributed by atoms with Gasteiger partial charge < -0.3 is 10.0 Å². The van der Waals surface area contributed by atoms with Gasteiger partial charge in [-0.25, -0.2) is 0 Å². The van der Waals surface area contributed by atoms with Crippen molar-refractivity contribution in [2.45, 2.75) is 57.5 Å². The lowest BCUT2D eigenvalue weighted by Crippen LogP contribution is -2.35. The van der Waals surface area contributed by atoms with E-state index in [9.17, 15) is 4.79 Å². The first-order valence-corrected chi connectivity index (χ1v) is 7.68. The SMILES string of the molecule is Cc1c(C(=O)N(CCO)C2CC2)cnn1C1CCCC1. The second kappa shape index (κ2) is 5.56. The molecule has 5 nitrogen and oxygen atoms in total. The molecule has 2 saturated carbocycles. The fourth-order valence-corrected chi connectivity index (χ4v) is 3.25. The third-order valence-electron chi connectivity index (χ3n) is 4.54. The van der Waals surface area contributed by atoms with Crippen molar-refractivity contribution in [2.75, 3.05) is 13.2 Å². The first-order valence-electron chi connectivity index (χ1n) is 7.68. The number of rotatable bonds is 5. The van der Waals surface area contributed by atoms with Gasteiger partial charge in [0.15, 0.2) is 0 Å². The topological polar surface area (TPSA) is 58.4 Å². The van der Waals surface area contributed by atoms with Crippen LogP contribution in [-0.4, -0.2) is 44.9 Å². The maximum absolute atomic E-state index is 12.6. The van der Waals surface area contributed by atoms with Gasteiger partial charge in [0, 0.05) is 18.3 Å². The Morgan fingerprint density at radius 1 is 1.40 bits per heavy atom. The number of aromatic nitrogens is 2. The van der Waals surface area contributed by atoms with E-state index >= 15 is 0 Å². The lowest BCUT2D eigenvalue weighted by atomic mass is 10.2. The minimum atomic E-state index is 0.0258. The Morgan fingerprint density at radius 3 is 2.70 bits per heavy atom. The minimum Gasteiger partial charge on any atom is -0.395 e. The molecule has 2 aliphatic rings. The van der Waals surface area contributed by atoms with Crippen LogP contribution in [0.15, 0.2) is 6.20 Å². The Labute approximate surface area is 119 Å². The summed E-state index contributed by atoms with van der Waals surface area (Å²) < 4.78 is 2.03. The molecule has 1 aromatic heterocycles. The minimum absolute atomic E-state index is 0.0258. The monoisotopic (exact) mass is 277 g/mol. The number of amides is 1. The summed E-state index contributed by atoms with van der Waals surface area (Å²) >= 11 is 0. The smallest absolute Gasteiger partial charge is 0.257 e. The van der Waals surface area contributed by atoms with E-state index in [0.29, 0.717) is 24.2 Å². The van der Waals surface area contributed by atoms with Crippen molar-refractivity contribution < 1.29 is 9.90 Å². The Morgan fingerprint density at radius 2 is 2.10 bits per heavy atom. The molecule has 0 unspecified atom stereocenters. The number of carbonyl (C=O) groups excluding carboxylic acids is 1. The van der Waals surface area contributed by atoms with E-state index in [2.05, 4.69) is 5.10 Å². The zero-order chi connectivity index (χ0) is 14.1. The molecule has 0 aromatic carbocycles. The highest BCUT2D eigenvalue weighted by Gasteiger charge is 2.34. The molecule has 5 heteroatoms. The van der Waals surface area contributed by atoms with Gasteiger partial charge in [-0.05, 0) is 32.6 Å². The maximum Gasteiger partial charge on any atom is 0.257 e. The molecule has 1 amide bonds. The largest absolute Gasteiger partial charge is 0.395 e. The van der Waals surface area contributed by atoms with Crippen molar-refractivity contribution in [1.29, 1.82) is 0 Å². The summed E-state index contributed by atoms with van der Waals surface area (Å²) in [4.78, 5) is 14.4. The van der Waals surface area contributed by atoms with Crippen LogP contribution in [0.3, 0.4) is 0 Å². The number of hydrogen-bond donors (Lipinski definition) is 1. The summed E-state index contributed by atoms with van der Waals surface area (Å²) in [6.45, 7) is 2.44. The molecule has 0 atom stereocenters. The van der Waals surface area contributed by atoms with Gasteiger partial charge >= 0.3 is 0 Å². The van der Waals surface area contributed by atoms with E-state index in [1.165, 1.54) is 25.7 Å². The lowest BCUT2D eigenvalue weighted by Gasteiger charge is -2.21. The summed E-state index contributed by atoms with van der Waals surface area (Å²) in [6, 6.07) is 0.785. The van der Waals surface area contributed by atoms with Crippen molar-refractivity contribution in [3.8, 4) is 0 Å². The molecule has 0 radical (unpaired) electrons. The highest BCUT2D eigenvalue weighted by Crippen LogP contribution is 2.32. The Balaban J connectivity index is 1.80. The number of carbonyl (C=O) groups is 1. The van der Waals surface area contributed by atoms with Crippen LogP contribution in [0.5, 0.6) is 0 Å². The number of nitrogens with zero attached hydrogens (tertiary/aromatic N) is 3. The third-order valence-corrected chi connectivity index (χ3v) is 4.54. The Hall–Kier alpha value is -1.36. The van der Waals surface area contributed by atoms with E-state index in [-0.39, 0.29) is 12.5 Å². The predicted octanol–water partition coefficient (Wildman–Crippen LogP) is 1.90. The zero-order valence-electron chi connectivity index (χ0n) is 12.1. The molecule has 0 bridgehead atoms. The second-order valence-corrected chi connectivity index (χ2v) is 5.98. The first-order chi connectivity index (χ1) is 9.72. The summed E-state index contributed by atoms with van der Waals surface area (Å²) in [5, 5.41) is 13.6. The van der Waals surface area contributed by atoms with E-state index in [1.54, 1.807) is 6.20 Å². The molecule has 1 N–H and O–H groups in total. The third kappa shape index (κ3) is 2.46. The summed E-state index contributed by atoms with van der Waals surface area (Å²) in [5.41, 5.74) is 1.68. The van der Waals surface area contributed by atoms with Gasteiger partial charge in [0.1, 0.15) is 0 Å². The Kier molecular flexibility index (Phi) is 3.78. The van der Waals surface area contributed by atoms with Crippen LogP contribution >= 0.6 is 0 Å². The quantitative estimate of drug-likeness (QED) is 0.894. The molecule has 1 heterocycles. The molecular weight excluding hydrogens is 254 g/mol. The van der Waals surface area contributed by atoms with E-state index in [0.717, 1.165) is 18.5 Å². The van der Waals surface area contributed by atoms with Gasteiger partial charge in [0.2, 0.25) is 0 Å². The van der Waals surface area contributed by atoms with Gasteiger partial charge in [-0.3, -0.25) is 9.48 Å². The molecule has 2 aliphatic carbocycles. The standard InChI is InChI=1S/C15H23N3O2/c1-11-14(10-16-18(11)13-4-2-3-5-13)15(20)17(8-9-19)12-6-7-12/h10,12-13,19H,2-9H2,1H3. The molecule has 0 saturated heterocycles. The van der Waals surface area contributed by atoms with Crippen molar-refractivity contribution in [3.05, 3.63) is 17.5 Å². The molecule has 0 aliphatic heterocycles. The number of hydrogen-bond acceptors (Lipinski definition) is 3. The molecule has 110 valence electrons. The summed E-state index contributed by atoms with van der Waals surface area (Å²) in [7, 11) is 0. The summed E-state index contributed by atoms with van der Waals surface area (Å²) in [5.74, 6) is 0.0308. The van der Waals surface area contributed by atoms with E-state index in [4.69, 9.17) is 5.11 Å². The fourth-order valence-electron chi connectivity index (χ4n) is 3.25. The molecule has 0 spiro atoms. The van der Waals surface area contributed by atoms with Crippen molar-refractivity contribution in [2.24, 2.45) is 0 Å². The van der Waals surface area contributed by atoms with Crippen LogP contribution in [0, 0.1) is 6.92 Å². The van der Waals surface area contributed by atoms with Crippen molar-refractivity contribution >= 4 is 5.91 Å². The van der Waals surface area contributed by atoms with Crippen LogP contribution in [0.25, 0.3) is 0 Å². The average molecular weight is 277 g/mol. The maximum atomic E-state index is 12.6. The number of aliphatic hydroxyl groups excluding tert-OH is 1. The average Bonchev–Trinajstić information content (AvgIpc) is 2.98. The Bertz CT molecular complexity index is 487. The van der Waals surface area contributed by atoms with Crippen molar-refractivity contribution in [1.82, 2.24) is 14.7 Å². The zero-order valence-corrected chi connectivity index (χ0v) is 12.1. The molecule has 2 fully saturated rings. The van der Waals surface area contributed by atoms with Gasteiger partial charge in [0.05, 0.1) is 24.4 Å². The highest BCUT2D eigenvalue weighted by atomic mass is 16.3. The van der Waals surface area contributed by atoms with Gasteiger partial charge in [-0.1, -0.05) is 12.8 Å². The van der Waals surface area contributed by atoms with Crippen LogP contribution in [0.1, 0.15) is 60.6 Å². The van der Waals surface area contributed by atoms with E-state index < -0.39 is 0 Å². The van der Waals surface area contributed by atoms with Gasteiger partial charge in [0.25, 0.3) is 5.91 Å². The van der Waals surface area contributed by atoms with Crippen LogP contribution in [-0.2, 0) is 0 Å². The molecule has 1 aromatic rings. The predicted molar refractivity (Wildman–Crippen MR) is 75.6 cm³/mol.